The van der Waals surface area contributed by atoms with Crippen LogP contribution in [0.25, 0.3) is 0 Å². The average Bonchev–Trinajstić information content (AvgIpc) is 2.38. The molecule has 0 atom stereocenters. The van der Waals surface area contributed by atoms with Crippen LogP contribution in [0.5, 0.6) is 0 Å². The maximum absolute atomic E-state index is 13.1. The lowest BCUT2D eigenvalue weighted by Gasteiger charge is -2.18. The number of benzene rings is 2. The standard InChI is InChI=1S/C15H16FN3O/c1-19(9-10-3-2-4-11(16)7-10)15(20)13-6-5-12(17)8-14(13)18/h2-8H,9,17-18H2,1H3. The normalized spacial score (nSPS) is 10.3. The molecule has 0 unspecified atom stereocenters. The summed E-state index contributed by atoms with van der Waals surface area (Å²) in [5.41, 5.74) is 13.3. The molecule has 1 amide bonds. The third kappa shape index (κ3) is 3.06. The van der Waals surface area contributed by atoms with Crippen LogP contribution in [-0.2, 0) is 6.54 Å². The molecule has 20 heavy (non-hydrogen) atoms. The fourth-order valence-electron chi connectivity index (χ4n) is 1.96. The van der Waals surface area contributed by atoms with E-state index in [0.29, 0.717) is 23.5 Å². The molecular formula is C15H16FN3O. The van der Waals surface area contributed by atoms with E-state index in [9.17, 15) is 9.18 Å². The minimum atomic E-state index is -0.324. The highest BCUT2D eigenvalue weighted by atomic mass is 19.1. The minimum absolute atomic E-state index is 0.230. The number of carbonyl (C=O) groups excluding carboxylic acids is 1. The summed E-state index contributed by atoms with van der Waals surface area (Å²) < 4.78 is 13.1. The highest BCUT2D eigenvalue weighted by molar-refractivity contribution is 5.99. The van der Waals surface area contributed by atoms with E-state index >= 15 is 0 Å². The quantitative estimate of drug-likeness (QED) is 0.842. The van der Waals surface area contributed by atoms with Gasteiger partial charge in [-0.05, 0) is 35.9 Å². The van der Waals surface area contributed by atoms with E-state index < -0.39 is 0 Å². The Morgan fingerprint density at radius 3 is 2.60 bits per heavy atom. The Balaban J connectivity index is 2.16. The molecule has 0 bridgehead atoms. The van der Waals surface area contributed by atoms with Crippen molar-refractivity contribution in [3.8, 4) is 0 Å². The molecule has 0 heterocycles. The summed E-state index contributed by atoms with van der Waals surface area (Å²) in [6.45, 7) is 0.306. The average molecular weight is 273 g/mol. The number of amides is 1. The van der Waals surface area contributed by atoms with Crippen LogP contribution < -0.4 is 11.5 Å². The molecule has 5 heteroatoms. The first-order chi connectivity index (χ1) is 9.47. The molecule has 4 nitrogen and oxygen atoms in total. The molecule has 0 aromatic heterocycles. The molecule has 4 N–H and O–H groups in total. The van der Waals surface area contributed by atoms with Crippen molar-refractivity contribution in [2.24, 2.45) is 0 Å². The van der Waals surface area contributed by atoms with E-state index in [0.717, 1.165) is 5.56 Å². The fraction of sp³-hybridized carbons (Fsp3) is 0.133. The maximum atomic E-state index is 13.1. The van der Waals surface area contributed by atoms with Crippen molar-refractivity contribution in [1.82, 2.24) is 4.90 Å². The number of anilines is 2. The van der Waals surface area contributed by atoms with Gasteiger partial charge in [-0.25, -0.2) is 4.39 Å². The van der Waals surface area contributed by atoms with E-state index in [4.69, 9.17) is 11.5 Å². The van der Waals surface area contributed by atoms with Gasteiger partial charge in [-0.3, -0.25) is 4.79 Å². The number of carbonyl (C=O) groups is 1. The van der Waals surface area contributed by atoms with Gasteiger partial charge in [0.05, 0.1) is 5.56 Å². The molecule has 0 aliphatic rings. The Bertz CT molecular complexity index is 643. The lowest BCUT2D eigenvalue weighted by molar-refractivity contribution is 0.0786. The summed E-state index contributed by atoms with van der Waals surface area (Å²) in [6.07, 6.45) is 0. The molecule has 2 aromatic rings. The van der Waals surface area contributed by atoms with Gasteiger partial charge in [0.25, 0.3) is 5.91 Å². The minimum Gasteiger partial charge on any atom is -0.399 e. The van der Waals surface area contributed by atoms with Crippen molar-refractivity contribution in [3.05, 3.63) is 59.4 Å². The van der Waals surface area contributed by atoms with Gasteiger partial charge in [0.15, 0.2) is 0 Å². The third-order valence-electron chi connectivity index (χ3n) is 2.96. The van der Waals surface area contributed by atoms with Gasteiger partial charge in [0, 0.05) is 25.0 Å². The van der Waals surface area contributed by atoms with Crippen molar-refractivity contribution in [3.63, 3.8) is 0 Å². The lowest BCUT2D eigenvalue weighted by atomic mass is 10.1. The van der Waals surface area contributed by atoms with Gasteiger partial charge in [0.1, 0.15) is 5.82 Å². The molecule has 2 aromatic carbocycles. The number of hydrogen-bond acceptors (Lipinski definition) is 3. The first kappa shape index (κ1) is 13.9. The Labute approximate surface area is 116 Å². The number of nitrogens with two attached hydrogens (primary N) is 2. The monoisotopic (exact) mass is 273 g/mol. The fourth-order valence-corrected chi connectivity index (χ4v) is 1.96. The van der Waals surface area contributed by atoms with E-state index in [1.165, 1.54) is 17.0 Å². The Morgan fingerprint density at radius 2 is 1.95 bits per heavy atom. The zero-order valence-electron chi connectivity index (χ0n) is 11.1. The van der Waals surface area contributed by atoms with Crippen molar-refractivity contribution >= 4 is 17.3 Å². The molecule has 0 fully saturated rings. The second-order valence-electron chi connectivity index (χ2n) is 4.64. The first-order valence-corrected chi connectivity index (χ1v) is 6.12. The van der Waals surface area contributed by atoms with Crippen molar-refractivity contribution in [1.29, 1.82) is 0 Å². The topological polar surface area (TPSA) is 72.3 Å². The van der Waals surface area contributed by atoms with Gasteiger partial charge in [0.2, 0.25) is 0 Å². The second-order valence-corrected chi connectivity index (χ2v) is 4.64. The number of nitrogens with zero attached hydrogens (tertiary/aromatic N) is 1. The summed E-state index contributed by atoms with van der Waals surface area (Å²) >= 11 is 0. The molecule has 0 spiro atoms. The SMILES string of the molecule is CN(Cc1cccc(F)c1)C(=O)c1ccc(N)cc1N. The predicted molar refractivity (Wildman–Crippen MR) is 77.5 cm³/mol. The third-order valence-corrected chi connectivity index (χ3v) is 2.96. The van der Waals surface area contributed by atoms with Crippen LogP contribution >= 0.6 is 0 Å². The number of rotatable bonds is 3. The smallest absolute Gasteiger partial charge is 0.255 e. The number of hydrogen-bond donors (Lipinski definition) is 2. The first-order valence-electron chi connectivity index (χ1n) is 6.12. The highest BCUT2D eigenvalue weighted by Crippen LogP contribution is 2.18. The molecule has 0 saturated heterocycles. The lowest BCUT2D eigenvalue weighted by Crippen LogP contribution is -2.27. The van der Waals surface area contributed by atoms with Crippen molar-refractivity contribution in [2.45, 2.75) is 6.54 Å². The van der Waals surface area contributed by atoms with Gasteiger partial charge < -0.3 is 16.4 Å². The van der Waals surface area contributed by atoms with Gasteiger partial charge >= 0.3 is 0 Å². The van der Waals surface area contributed by atoms with Gasteiger partial charge in [-0.15, -0.1) is 0 Å². The maximum Gasteiger partial charge on any atom is 0.255 e. The summed E-state index contributed by atoms with van der Waals surface area (Å²) in [5, 5.41) is 0. The van der Waals surface area contributed by atoms with Crippen LogP contribution in [-0.4, -0.2) is 17.9 Å². The van der Waals surface area contributed by atoms with Crippen LogP contribution in [0.15, 0.2) is 42.5 Å². The second kappa shape index (κ2) is 5.61. The Hall–Kier alpha value is -2.56. The molecule has 104 valence electrons. The summed E-state index contributed by atoms with van der Waals surface area (Å²) in [4.78, 5) is 13.8. The molecule has 0 radical (unpaired) electrons. The molecular weight excluding hydrogens is 257 g/mol. The van der Waals surface area contributed by atoms with E-state index in [1.807, 2.05) is 0 Å². The van der Waals surface area contributed by atoms with E-state index in [-0.39, 0.29) is 11.7 Å². The van der Waals surface area contributed by atoms with Crippen LogP contribution in [0.4, 0.5) is 15.8 Å². The van der Waals surface area contributed by atoms with Crippen LogP contribution in [0.2, 0.25) is 0 Å². The zero-order valence-corrected chi connectivity index (χ0v) is 11.1. The van der Waals surface area contributed by atoms with Gasteiger partial charge in [-0.2, -0.15) is 0 Å². The van der Waals surface area contributed by atoms with Crippen LogP contribution in [0.1, 0.15) is 15.9 Å². The highest BCUT2D eigenvalue weighted by Gasteiger charge is 2.15. The Morgan fingerprint density at radius 1 is 1.20 bits per heavy atom. The summed E-state index contributed by atoms with van der Waals surface area (Å²) in [5.74, 6) is -0.554. The molecule has 2 rings (SSSR count). The van der Waals surface area contributed by atoms with Crippen molar-refractivity contribution < 1.29 is 9.18 Å². The van der Waals surface area contributed by atoms with Crippen molar-refractivity contribution in [2.75, 3.05) is 18.5 Å². The summed E-state index contributed by atoms with van der Waals surface area (Å²) in [6, 6.07) is 10.9. The predicted octanol–water partition coefficient (Wildman–Crippen LogP) is 2.26. The van der Waals surface area contributed by atoms with Crippen LogP contribution in [0.3, 0.4) is 0 Å². The summed E-state index contributed by atoms with van der Waals surface area (Å²) in [7, 11) is 1.64. The van der Waals surface area contributed by atoms with Gasteiger partial charge in [-0.1, -0.05) is 12.1 Å². The van der Waals surface area contributed by atoms with E-state index in [2.05, 4.69) is 0 Å². The zero-order chi connectivity index (χ0) is 14.7. The molecule has 0 aliphatic heterocycles. The molecule has 0 aliphatic carbocycles. The molecule has 0 saturated carbocycles. The van der Waals surface area contributed by atoms with E-state index in [1.54, 1.807) is 37.4 Å². The van der Waals surface area contributed by atoms with Crippen LogP contribution in [0, 0.1) is 5.82 Å². The largest absolute Gasteiger partial charge is 0.399 e. The Kier molecular flexibility index (Phi) is 3.89. The number of halogens is 1. The number of nitrogen functional groups attached to an aromatic ring is 2.